The first kappa shape index (κ1) is 22.7. The van der Waals surface area contributed by atoms with Crippen LogP contribution in [-0.2, 0) is 4.74 Å². The van der Waals surface area contributed by atoms with Crippen molar-refractivity contribution in [1.29, 1.82) is 0 Å². The Morgan fingerprint density at radius 3 is 2.47 bits per heavy atom. The van der Waals surface area contributed by atoms with Crippen molar-refractivity contribution in [2.24, 2.45) is 11.8 Å². The topological polar surface area (TPSA) is 48.6 Å². The van der Waals surface area contributed by atoms with Gasteiger partial charge in [-0.05, 0) is 63.7 Å². The Bertz CT molecular complexity index is 538. The van der Waals surface area contributed by atoms with Crippen molar-refractivity contribution in [3.63, 3.8) is 0 Å². The highest BCUT2D eigenvalue weighted by Crippen LogP contribution is 2.43. The van der Waals surface area contributed by atoms with Crippen molar-refractivity contribution in [1.82, 2.24) is 20.9 Å². The van der Waals surface area contributed by atoms with Crippen LogP contribution in [0.1, 0.15) is 57.8 Å². The summed E-state index contributed by atoms with van der Waals surface area (Å²) < 4.78 is 60.3. The fourth-order valence-electron chi connectivity index (χ4n) is 5.89. The highest BCUT2D eigenvalue weighted by molar-refractivity contribution is 4.97. The van der Waals surface area contributed by atoms with Crippen molar-refractivity contribution in [2.75, 3.05) is 26.4 Å². The molecule has 0 spiro atoms. The minimum atomic E-state index is -4.08. The van der Waals surface area contributed by atoms with Crippen molar-refractivity contribution in [2.45, 2.75) is 94.6 Å². The quantitative estimate of drug-likeness (QED) is 0.579. The first-order valence-corrected chi connectivity index (χ1v) is 11.7. The molecule has 0 aromatic rings. The maximum Gasteiger partial charge on any atom is 0.391 e. The van der Waals surface area contributed by atoms with Crippen LogP contribution in [0.5, 0.6) is 0 Å². The zero-order chi connectivity index (χ0) is 21.1. The lowest BCUT2D eigenvalue weighted by molar-refractivity contribution is -0.185. The normalized spacial score (nSPS) is 41.8. The fraction of sp³-hybridized carbons (Fsp3) is 1.00. The van der Waals surface area contributed by atoms with Crippen molar-refractivity contribution >= 4 is 0 Å². The van der Waals surface area contributed by atoms with E-state index < -0.39 is 30.6 Å². The van der Waals surface area contributed by atoms with E-state index in [4.69, 9.17) is 4.74 Å². The van der Waals surface area contributed by atoms with E-state index in [2.05, 4.69) is 20.9 Å². The SMILES string of the molecule is FC1C(NCC2CCCCO2)NCNC1N1CCC[C@@H]1C1CCC(C(F)(F)F)CC1. The molecule has 3 aliphatic heterocycles. The molecule has 3 heterocycles. The van der Waals surface area contributed by atoms with Gasteiger partial charge in [-0.25, -0.2) is 4.39 Å². The zero-order valence-corrected chi connectivity index (χ0v) is 17.6. The highest BCUT2D eigenvalue weighted by atomic mass is 19.4. The van der Waals surface area contributed by atoms with Gasteiger partial charge in [-0.2, -0.15) is 13.2 Å². The predicted octanol–water partition coefficient (Wildman–Crippen LogP) is 3.12. The van der Waals surface area contributed by atoms with Gasteiger partial charge in [-0.1, -0.05) is 0 Å². The van der Waals surface area contributed by atoms with E-state index >= 15 is 4.39 Å². The van der Waals surface area contributed by atoms with E-state index in [0.717, 1.165) is 45.3 Å². The third-order valence-corrected chi connectivity index (χ3v) is 7.57. The lowest BCUT2D eigenvalue weighted by atomic mass is 9.77. The van der Waals surface area contributed by atoms with Crippen LogP contribution in [0.4, 0.5) is 17.6 Å². The highest BCUT2D eigenvalue weighted by Gasteiger charge is 2.46. The second-order valence-corrected chi connectivity index (χ2v) is 9.45. The largest absolute Gasteiger partial charge is 0.391 e. The van der Waals surface area contributed by atoms with Crippen LogP contribution in [0.3, 0.4) is 0 Å². The second kappa shape index (κ2) is 9.98. The number of hydrogen-bond acceptors (Lipinski definition) is 5. The molecule has 1 aliphatic carbocycles. The van der Waals surface area contributed by atoms with Gasteiger partial charge in [-0.3, -0.25) is 20.9 Å². The van der Waals surface area contributed by atoms with E-state index in [0.29, 0.717) is 26.1 Å². The van der Waals surface area contributed by atoms with Crippen molar-refractivity contribution in [3.8, 4) is 0 Å². The maximum atomic E-state index is 15.5. The molecule has 30 heavy (non-hydrogen) atoms. The van der Waals surface area contributed by atoms with Gasteiger partial charge in [0.15, 0.2) is 6.17 Å². The Morgan fingerprint density at radius 1 is 0.967 bits per heavy atom. The maximum absolute atomic E-state index is 15.5. The van der Waals surface area contributed by atoms with Gasteiger partial charge in [0.25, 0.3) is 0 Å². The molecule has 174 valence electrons. The first-order valence-electron chi connectivity index (χ1n) is 11.7. The summed E-state index contributed by atoms with van der Waals surface area (Å²) in [5.41, 5.74) is 0. The zero-order valence-electron chi connectivity index (χ0n) is 17.6. The van der Waals surface area contributed by atoms with Gasteiger partial charge in [0, 0.05) is 32.4 Å². The first-order chi connectivity index (χ1) is 14.4. The van der Waals surface area contributed by atoms with E-state index in [1.165, 1.54) is 0 Å². The van der Waals surface area contributed by atoms with Gasteiger partial charge in [0.1, 0.15) is 0 Å². The van der Waals surface area contributed by atoms with Gasteiger partial charge in [0.2, 0.25) is 0 Å². The summed E-state index contributed by atoms with van der Waals surface area (Å²) in [7, 11) is 0. The molecular formula is C21H36F4N4O. The number of nitrogens with zero attached hydrogens (tertiary/aromatic N) is 1. The summed E-state index contributed by atoms with van der Waals surface area (Å²) in [5.74, 6) is -0.929. The molecule has 4 unspecified atom stereocenters. The molecule has 4 rings (SSSR count). The van der Waals surface area contributed by atoms with Gasteiger partial charge in [0.05, 0.1) is 24.4 Å². The van der Waals surface area contributed by atoms with Crippen molar-refractivity contribution in [3.05, 3.63) is 0 Å². The standard InChI is InChI=1S/C21H36F4N4O/c22-18-19(26-12-16-4-1-2-11-30-16)27-13-28-20(18)29-10-3-5-17(29)14-6-8-15(9-7-14)21(23,24)25/h14-20,26-28H,1-13H2/t14?,15?,16?,17-,18?,19?,20?/m1/s1. The summed E-state index contributed by atoms with van der Waals surface area (Å²) in [5, 5.41) is 9.75. The van der Waals surface area contributed by atoms with Crippen LogP contribution in [0.15, 0.2) is 0 Å². The minimum absolute atomic E-state index is 0.143. The van der Waals surface area contributed by atoms with E-state index in [1.807, 2.05) is 0 Å². The molecule has 0 aromatic heterocycles. The lowest BCUT2D eigenvalue weighted by Crippen LogP contribution is -2.69. The van der Waals surface area contributed by atoms with Crippen molar-refractivity contribution < 1.29 is 22.3 Å². The molecule has 0 aromatic carbocycles. The number of ether oxygens (including phenoxy) is 1. The molecule has 4 fully saturated rings. The van der Waals surface area contributed by atoms with Crippen LogP contribution in [0.2, 0.25) is 0 Å². The van der Waals surface area contributed by atoms with E-state index in [1.54, 1.807) is 0 Å². The fourth-order valence-corrected chi connectivity index (χ4v) is 5.89. The Balaban J connectivity index is 1.31. The molecule has 0 amide bonds. The average Bonchev–Trinajstić information content (AvgIpc) is 3.23. The molecule has 5 atom stereocenters. The van der Waals surface area contributed by atoms with Crippen LogP contribution in [0.25, 0.3) is 0 Å². The number of alkyl halides is 4. The summed E-state index contributed by atoms with van der Waals surface area (Å²) in [6.45, 7) is 2.73. The van der Waals surface area contributed by atoms with E-state index in [-0.39, 0.29) is 30.9 Å². The van der Waals surface area contributed by atoms with Crippen LogP contribution in [0, 0.1) is 11.8 Å². The van der Waals surface area contributed by atoms with Gasteiger partial charge in [-0.15, -0.1) is 0 Å². The third kappa shape index (κ3) is 5.28. The smallest absolute Gasteiger partial charge is 0.377 e. The molecule has 9 heteroatoms. The lowest BCUT2D eigenvalue weighted by Gasteiger charge is -2.45. The van der Waals surface area contributed by atoms with Gasteiger partial charge < -0.3 is 4.74 Å². The molecule has 1 saturated carbocycles. The summed E-state index contributed by atoms with van der Waals surface area (Å²) in [4.78, 5) is 2.20. The molecule has 3 N–H and O–H groups in total. The Morgan fingerprint density at radius 2 is 1.77 bits per heavy atom. The van der Waals surface area contributed by atoms with Gasteiger partial charge >= 0.3 is 6.18 Å². The minimum Gasteiger partial charge on any atom is -0.377 e. The Labute approximate surface area is 176 Å². The van der Waals surface area contributed by atoms with Crippen LogP contribution >= 0.6 is 0 Å². The Kier molecular flexibility index (Phi) is 7.55. The molecule has 4 aliphatic rings. The number of halogens is 4. The number of likely N-dealkylation sites (tertiary alicyclic amines) is 1. The number of nitrogens with one attached hydrogen (secondary N) is 3. The number of hydrogen-bond donors (Lipinski definition) is 3. The molecule has 3 saturated heterocycles. The summed E-state index contributed by atoms with van der Waals surface area (Å²) in [6.07, 6.45) is 0.885. The second-order valence-electron chi connectivity index (χ2n) is 9.45. The summed E-state index contributed by atoms with van der Waals surface area (Å²) in [6, 6.07) is 0.176. The van der Waals surface area contributed by atoms with Crippen LogP contribution in [-0.4, -0.2) is 68.1 Å². The monoisotopic (exact) mass is 436 g/mol. The Hall–Kier alpha value is -0.480. The molecule has 0 bridgehead atoms. The molecular weight excluding hydrogens is 400 g/mol. The third-order valence-electron chi connectivity index (χ3n) is 7.57. The summed E-state index contributed by atoms with van der Waals surface area (Å²) >= 11 is 0. The average molecular weight is 437 g/mol. The van der Waals surface area contributed by atoms with E-state index in [9.17, 15) is 13.2 Å². The predicted molar refractivity (Wildman–Crippen MR) is 106 cm³/mol. The van der Waals surface area contributed by atoms with Crippen LogP contribution < -0.4 is 16.0 Å². The molecule has 5 nitrogen and oxygen atoms in total. The molecule has 0 radical (unpaired) electrons. The number of rotatable bonds is 5.